The Morgan fingerprint density at radius 2 is 2.23 bits per heavy atom. The number of esters is 2. The Morgan fingerprint density at radius 3 is 2.77 bits per heavy atom. The summed E-state index contributed by atoms with van der Waals surface area (Å²) in [5.74, 6) is -1.22. The van der Waals surface area contributed by atoms with Gasteiger partial charge in [0.2, 0.25) is 0 Å². The van der Waals surface area contributed by atoms with Crippen LogP contribution in [0.3, 0.4) is 0 Å². The van der Waals surface area contributed by atoms with Crippen LogP contribution < -0.4 is 0 Å². The Labute approximate surface area is 75.3 Å². The Balaban J connectivity index is 2.02. The molecule has 0 N–H and O–H groups in total. The molecule has 0 bridgehead atoms. The highest BCUT2D eigenvalue weighted by atomic mass is 16.6. The molecular formula is C8H10O5. The van der Waals surface area contributed by atoms with E-state index in [0.717, 1.165) is 6.08 Å². The minimum absolute atomic E-state index is 0.0269. The maximum Gasteiger partial charge on any atom is 0.344 e. The van der Waals surface area contributed by atoms with Crippen molar-refractivity contribution < 1.29 is 23.8 Å². The monoisotopic (exact) mass is 186 g/mol. The summed E-state index contributed by atoms with van der Waals surface area (Å²) in [6.45, 7) is 3.65. The molecule has 1 fully saturated rings. The highest BCUT2D eigenvalue weighted by Crippen LogP contribution is 2.08. The summed E-state index contributed by atoms with van der Waals surface area (Å²) >= 11 is 0. The summed E-state index contributed by atoms with van der Waals surface area (Å²) in [6.07, 6.45) is 1.01. The van der Waals surface area contributed by atoms with Crippen molar-refractivity contribution in [3.05, 3.63) is 12.7 Å². The summed E-state index contributed by atoms with van der Waals surface area (Å²) in [4.78, 5) is 21.3. The molecule has 1 atom stereocenters. The van der Waals surface area contributed by atoms with Gasteiger partial charge < -0.3 is 14.2 Å². The van der Waals surface area contributed by atoms with Crippen molar-refractivity contribution in [2.24, 2.45) is 0 Å². The van der Waals surface area contributed by atoms with Crippen LogP contribution in [-0.4, -0.2) is 37.9 Å². The fraction of sp³-hybridized carbons (Fsp3) is 0.500. The molecule has 0 aromatic heterocycles. The van der Waals surface area contributed by atoms with Gasteiger partial charge in [0.1, 0.15) is 12.7 Å². The van der Waals surface area contributed by atoms with E-state index in [-0.39, 0.29) is 19.3 Å². The van der Waals surface area contributed by atoms with Crippen molar-refractivity contribution >= 4 is 11.9 Å². The van der Waals surface area contributed by atoms with Gasteiger partial charge in [-0.3, -0.25) is 0 Å². The van der Waals surface area contributed by atoms with E-state index in [1.165, 1.54) is 0 Å². The summed E-state index contributed by atoms with van der Waals surface area (Å²) in [7, 11) is 0. The van der Waals surface area contributed by atoms with E-state index in [1.54, 1.807) is 0 Å². The van der Waals surface area contributed by atoms with Crippen LogP contribution in [0.2, 0.25) is 0 Å². The zero-order chi connectivity index (χ0) is 9.68. The van der Waals surface area contributed by atoms with E-state index in [2.05, 4.69) is 16.1 Å². The van der Waals surface area contributed by atoms with Gasteiger partial charge in [0.25, 0.3) is 0 Å². The lowest BCUT2D eigenvalue weighted by Crippen LogP contribution is -2.17. The topological polar surface area (TPSA) is 65.1 Å². The number of ether oxygens (including phenoxy) is 3. The molecule has 5 nitrogen and oxygen atoms in total. The molecule has 0 saturated carbocycles. The summed E-state index contributed by atoms with van der Waals surface area (Å²) in [5, 5.41) is 0. The fourth-order valence-electron chi connectivity index (χ4n) is 0.581. The van der Waals surface area contributed by atoms with Crippen molar-refractivity contribution in [1.29, 1.82) is 0 Å². The molecule has 1 saturated heterocycles. The molecule has 1 aliphatic rings. The molecule has 0 aliphatic carbocycles. The second-order valence-corrected chi connectivity index (χ2v) is 2.45. The molecule has 0 radical (unpaired) electrons. The van der Waals surface area contributed by atoms with Crippen LogP contribution in [0, 0.1) is 0 Å². The first kappa shape index (κ1) is 9.73. The van der Waals surface area contributed by atoms with Crippen LogP contribution in [0.25, 0.3) is 0 Å². The van der Waals surface area contributed by atoms with Gasteiger partial charge in [0, 0.05) is 6.08 Å². The summed E-state index contributed by atoms with van der Waals surface area (Å²) < 4.78 is 13.9. The van der Waals surface area contributed by atoms with E-state index in [4.69, 9.17) is 4.74 Å². The van der Waals surface area contributed by atoms with Gasteiger partial charge >= 0.3 is 11.9 Å². The molecule has 13 heavy (non-hydrogen) atoms. The highest BCUT2D eigenvalue weighted by molar-refractivity contribution is 5.83. The van der Waals surface area contributed by atoms with Crippen LogP contribution >= 0.6 is 0 Å². The maximum absolute atomic E-state index is 10.8. The third kappa shape index (κ3) is 4.27. The first-order valence-electron chi connectivity index (χ1n) is 3.79. The Hall–Kier alpha value is -1.36. The van der Waals surface area contributed by atoms with Crippen LogP contribution in [-0.2, 0) is 23.8 Å². The smallest absolute Gasteiger partial charge is 0.344 e. The number of carbonyl (C=O) groups excluding carboxylic acids is 2. The molecule has 72 valence electrons. The Morgan fingerprint density at radius 1 is 1.54 bits per heavy atom. The molecule has 0 aromatic rings. The largest absolute Gasteiger partial charge is 0.460 e. The molecule has 5 heteroatoms. The van der Waals surface area contributed by atoms with Crippen molar-refractivity contribution in [2.75, 3.05) is 19.8 Å². The molecule has 0 spiro atoms. The minimum atomic E-state index is -0.639. The number of hydrogen-bond donors (Lipinski definition) is 0. The molecule has 0 aromatic carbocycles. The predicted molar refractivity (Wildman–Crippen MR) is 41.9 cm³/mol. The van der Waals surface area contributed by atoms with Crippen molar-refractivity contribution in [1.82, 2.24) is 0 Å². The lowest BCUT2D eigenvalue weighted by atomic mass is 10.5. The average Bonchev–Trinajstić information content (AvgIpc) is 2.94. The third-order valence-electron chi connectivity index (χ3n) is 1.33. The number of rotatable bonds is 5. The third-order valence-corrected chi connectivity index (χ3v) is 1.33. The number of carbonyl (C=O) groups is 2. The van der Waals surface area contributed by atoms with E-state index < -0.39 is 11.9 Å². The van der Waals surface area contributed by atoms with Crippen LogP contribution in [0.1, 0.15) is 0 Å². The fourth-order valence-corrected chi connectivity index (χ4v) is 0.581. The quantitative estimate of drug-likeness (QED) is 0.334. The lowest BCUT2D eigenvalue weighted by molar-refractivity contribution is -0.156. The predicted octanol–water partition coefficient (Wildman–Crippen LogP) is -0.342. The zero-order valence-electron chi connectivity index (χ0n) is 7.02. The molecule has 1 heterocycles. The molecule has 1 unspecified atom stereocenters. The molecular weight excluding hydrogens is 176 g/mol. The average molecular weight is 186 g/mol. The van der Waals surface area contributed by atoms with E-state index in [0.29, 0.717) is 6.61 Å². The Kier molecular flexibility index (Phi) is 3.45. The van der Waals surface area contributed by atoms with E-state index in [1.807, 2.05) is 0 Å². The summed E-state index contributed by atoms with van der Waals surface area (Å²) in [5.41, 5.74) is 0. The number of hydrogen-bond acceptors (Lipinski definition) is 5. The first-order chi connectivity index (χ1) is 6.22. The van der Waals surface area contributed by atoms with Crippen LogP contribution in [0.5, 0.6) is 0 Å². The van der Waals surface area contributed by atoms with Crippen molar-refractivity contribution in [2.45, 2.75) is 6.10 Å². The normalized spacial score (nSPS) is 18.9. The standard InChI is InChI=1S/C8H10O5/c1-2-7(9)13-5-8(10)12-4-6-3-11-6/h2,6H,1,3-5H2. The van der Waals surface area contributed by atoms with Gasteiger partial charge in [0.05, 0.1) is 6.61 Å². The van der Waals surface area contributed by atoms with Crippen LogP contribution in [0.4, 0.5) is 0 Å². The van der Waals surface area contributed by atoms with Gasteiger partial charge in [-0.05, 0) is 0 Å². The zero-order valence-corrected chi connectivity index (χ0v) is 7.02. The molecule has 0 amide bonds. The second kappa shape index (κ2) is 4.61. The second-order valence-electron chi connectivity index (χ2n) is 2.45. The highest BCUT2D eigenvalue weighted by Gasteiger charge is 2.24. The Bertz CT molecular complexity index is 219. The van der Waals surface area contributed by atoms with Crippen molar-refractivity contribution in [3.63, 3.8) is 0 Å². The van der Waals surface area contributed by atoms with Gasteiger partial charge in [-0.2, -0.15) is 0 Å². The van der Waals surface area contributed by atoms with E-state index in [9.17, 15) is 9.59 Å². The molecule has 1 aliphatic heterocycles. The van der Waals surface area contributed by atoms with Crippen molar-refractivity contribution in [3.8, 4) is 0 Å². The van der Waals surface area contributed by atoms with Gasteiger partial charge in [-0.25, -0.2) is 9.59 Å². The van der Waals surface area contributed by atoms with Gasteiger partial charge in [-0.15, -0.1) is 0 Å². The van der Waals surface area contributed by atoms with Gasteiger partial charge in [-0.1, -0.05) is 6.58 Å². The minimum Gasteiger partial charge on any atom is -0.460 e. The van der Waals surface area contributed by atoms with Gasteiger partial charge in [0.15, 0.2) is 6.61 Å². The summed E-state index contributed by atoms with van der Waals surface area (Å²) in [6, 6.07) is 0. The SMILES string of the molecule is C=CC(=O)OCC(=O)OCC1CO1. The maximum atomic E-state index is 10.8. The lowest BCUT2D eigenvalue weighted by Gasteiger charge is -2.02. The molecule has 1 rings (SSSR count). The van der Waals surface area contributed by atoms with E-state index >= 15 is 0 Å². The number of epoxide rings is 1. The first-order valence-corrected chi connectivity index (χ1v) is 3.79. The van der Waals surface area contributed by atoms with Crippen LogP contribution in [0.15, 0.2) is 12.7 Å².